The first-order valence-corrected chi connectivity index (χ1v) is 7.19. The highest BCUT2D eigenvalue weighted by Crippen LogP contribution is 2.41. The van der Waals surface area contributed by atoms with Crippen LogP contribution in [0, 0.1) is 0 Å². The summed E-state index contributed by atoms with van der Waals surface area (Å²) in [5.74, 6) is -0.0305. The highest BCUT2D eigenvalue weighted by atomic mass is 16.1. The molecule has 1 aromatic rings. The second-order valence-corrected chi connectivity index (χ2v) is 5.84. The number of hydrogen-bond donors (Lipinski definition) is 2. The molecule has 0 aromatic heterocycles. The van der Waals surface area contributed by atoms with Crippen molar-refractivity contribution >= 4 is 5.91 Å². The van der Waals surface area contributed by atoms with Crippen molar-refractivity contribution in [1.82, 2.24) is 5.32 Å². The van der Waals surface area contributed by atoms with E-state index < -0.39 is 5.54 Å². The molecule has 2 unspecified atom stereocenters. The number of nitrogens with one attached hydrogen (secondary N) is 1. The lowest BCUT2D eigenvalue weighted by molar-refractivity contribution is -0.127. The zero-order valence-corrected chi connectivity index (χ0v) is 11.9. The van der Waals surface area contributed by atoms with Crippen LogP contribution in [0.3, 0.4) is 0 Å². The van der Waals surface area contributed by atoms with Gasteiger partial charge >= 0.3 is 0 Å². The molecule has 2 atom stereocenters. The van der Waals surface area contributed by atoms with Gasteiger partial charge in [-0.25, -0.2) is 0 Å². The van der Waals surface area contributed by atoms with Crippen LogP contribution in [-0.4, -0.2) is 17.5 Å². The van der Waals surface area contributed by atoms with E-state index in [9.17, 15) is 4.79 Å². The van der Waals surface area contributed by atoms with Gasteiger partial charge in [-0.05, 0) is 32.3 Å². The fourth-order valence-corrected chi connectivity index (χ4v) is 3.36. The molecule has 19 heavy (non-hydrogen) atoms. The van der Waals surface area contributed by atoms with Crippen LogP contribution < -0.4 is 11.1 Å². The van der Waals surface area contributed by atoms with Crippen LogP contribution in [0.5, 0.6) is 0 Å². The fourth-order valence-electron chi connectivity index (χ4n) is 3.36. The van der Waals surface area contributed by atoms with Crippen molar-refractivity contribution in [2.24, 2.45) is 5.73 Å². The number of carbonyl (C=O) groups excluding carboxylic acids is 1. The van der Waals surface area contributed by atoms with Gasteiger partial charge in [0.25, 0.3) is 0 Å². The van der Waals surface area contributed by atoms with Crippen molar-refractivity contribution in [3.05, 3.63) is 35.9 Å². The summed E-state index contributed by atoms with van der Waals surface area (Å²) in [4.78, 5) is 12.2. The third-order valence-electron chi connectivity index (χ3n) is 4.10. The minimum absolute atomic E-state index is 0.183. The van der Waals surface area contributed by atoms with Crippen molar-refractivity contribution in [2.75, 3.05) is 0 Å². The van der Waals surface area contributed by atoms with Crippen LogP contribution >= 0.6 is 0 Å². The third kappa shape index (κ3) is 2.81. The number of nitrogens with two attached hydrogens (primary N) is 1. The molecule has 0 radical (unpaired) electrons. The van der Waals surface area contributed by atoms with Gasteiger partial charge in [-0.15, -0.1) is 0 Å². The van der Waals surface area contributed by atoms with Crippen LogP contribution in [0.25, 0.3) is 0 Å². The Labute approximate surface area is 115 Å². The van der Waals surface area contributed by atoms with E-state index in [4.69, 9.17) is 5.73 Å². The SMILES string of the molecule is CC(C)NC1(C(N)=O)CCCCC1c1ccccc1. The Kier molecular flexibility index (Phi) is 4.25. The van der Waals surface area contributed by atoms with E-state index in [1.807, 2.05) is 18.2 Å². The monoisotopic (exact) mass is 260 g/mol. The van der Waals surface area contributed by atoms with E-state index in [1.165, 1.54) is 5.56 Å². The first-order chi connectivity index (χ1) is 9.06. The van der Waals surface area contributed by atoms with E-state index in [0.29, 0.717) is 0 Å². The van der Waals surface area contributed by atoms with Gasteiger partial charge in [0.2, 0.25) is 5.91 Å². The number of hydrogen-bond acceptors (Lipinski definition) is 2. The molecule has 104 valence electrons. The van der Waals surface area contributed by atoms with Crippen LogP contribution in [0.2, 0.25) is 0 Å². The molecule has 0 aliphatic heterocycles. The van der Waals surface area contributed by atoms with Crippen molar-refractivity contribution in [3.8, 4) is 0 Å². The molecule has 1 amide bonds. The Bertz CT molecular complexity index is 430. The lowest BCUT2D eigenvalue weighted by atomic mass is 9.68. The highest BCUT2D eigenvalue weighted by molar-refractivity contribution is 5.86. The van der Waals surface area contributed by atoms with E-state index in [1.54, 1.807) is 0 Å². The minimum atomic E-state index is -0.590. The van der Waals surface area contributed by atoms with Gasteiger partial charge in [0, 0.05) is 12.0 Å². The van der Waals surface area contributed by atoms with Gasteiger partial charge < -0.3 is 11.1 Å². The molecule has 3 heteroatoms. The van der Waals surface area contributed by atoms with Crippen LogP contribution in [0.15, 0.2) is 30.3 Å². The summed E-state index contributed by atoms with van der Waals surface area (Å²) >= 11 is 0. The Morgan fingerprint density at radius 3 is 2.58 bits per heavy atom. The topological polar surface area (TPSA) is 55.1 Å². The zero-order chi connectivity index (χ0) is 13.9. The zero-order valence-electron chi connectivity index (χ0n) is 11.9. The van der Waals surface area contributed by atoms with E-state index in [2.05, 4.69) is 31.3 Å². The smallest absolute Gasteiger partial charge is 0.238 e. The van der Waals surface area contributed by atoms with E-state index in [0.717, 1.165) is 25.7 Å². The van der Waals surface area contributed by atoms with Crippen LogP contribution in [0.1, 0.15) is 51.0 Å². The van der Waals surface area contributed by atoms with Crippen molar-refractivity contribution in [1.29, 1.82) is 0 Å². The number of carbonyl (C=O) groups is 1. The molecule has 0 bridgehead atoms. The molecular weight excluding hydrogens is 236 g/mol. The quantitative estimate of drug-likeness (QED) is 0.874. The average molecular weight is 260 g/mol. The molecule has 1 fully saturated rings. The lowest BCUT2D eigenvalue weighted by Crippen LogP contribution is -2.62. The summed E-state index contributed by atoms with van der Waals surface area (Å²) in [5.41, 5.74) is 6.40. The molecule has 2 rings (SSSR count). The van der Waals surface area contributed by atoms with E-state index >= 15 is 0 Å². The molecule has 0 heterocycles. The van der Waals surface area contributed by atoms with Gasteiger partial charge in [0.05, 0.1) is 0 Å². The third-order valence-corrected chi connectivity index (χ3v) is 4.10. The van der Waals surface area contributed by atoms with Gasteiger partial charge in [0.1, 0.15) is 5.54 Å². The summed E-state index contributed by atoms with van der Waals surface area (Å²) in [6, 6.07) is 10.5. The maximum absolute atomic E-state index is 12.2. The maximum atomic E-state index is 12.2. The second kappa shape index (κ2) is 5.74. The number of amides is 1. The molecule has 1 aromatic carbocycles. The first kappa shape index (κ1) is 14.1. The predicted molar refractivity (Wildman–Crippen MR) is 77.8 cm³/mol. The summed E-state index contributed by atoms with van der Waals surface area (Å²) < 4.78 is 0. The fraction of sp³-hybridized carbons (Fsp3) is 0.562. The van der Waals surface area contributed by atoms with Gasteiger partial charge in [0.15, 0.2) is 0 Å². The van der Waals surface area contributed by atoms with Crippen LogP contribution in [-0.2, 0) is 4.79 Å². The first-order valence-electron chi connectivity index (χ1n) is 7.19. The second-order valence-electron chi connectivity index (χ2n) is 5.84. The van der Waals surface area contributed by atoms with Crippen molar-refractivity contribution < 1.29 is 4.79 Å². The number of primary amides is 1. The Morgan fingerprint density at radius 2 is 2.00 bits per heavy atom. The highest BCUT2D eigenvalue weighted by Gasteiger charge is 2.46. The molecule has 1 saturated carbocycles. The standard InChI is InChI=1S/C16H24N2O/c1-12(2)18-16(15(17)19)11-7-6-10-14(16)13-8-4-3-5-9-13/h3-5,8-9,12,14,18H,6-7,10-11H2,1-2H3,(H2,17,19). The summed E-state index contributed by atoms with van der Waals surface area (Å²) in [6.07, 6.45) is 4.08. The van der Waals surface area contributed by atoms with Crippen molar-refractivity contribution in [3.63, 3.8) is 0 Å². The largest absolute Gasteiger partial charge is 0.368 e. The molecule has 0 spiro atoms. The Hall–Kier alpha value is -1.35. The van der Waals surface area contributed by atoms with Crippen molar-refractivity contribution in [2.45, 2.75) is 57.0 Å². The van der Waals surface area contributed by atoms with Gasteiger partial charge in [-0.2, -0.15) is 0 Å². The molecule has 1 aliphatic rings. The average Bonchev–Trinajstić information content (AvgIpc) is 2.39. The molecule has 3 nitrogen and oxygen atoms in total. The Balaban J connectivity index is 2.39. The molecule has 0 saturated heterocycles. The molecule has 3 N–H and O–H groups in total. The maximum Gasteiger partial charge on any atom is 0.238 e. The molecule has 1 aliphatic carbocycles. The normalized spacial score (nSPS) is 27.4. The van der Waals surface area contributed by atoms with Gasteiger partial charge in [-0.3, -0.25) is 4.79 Å². The van der Waals surface area contributed by atoms with Gasteiger partial charge in [-0.1, -0.05) is 43.2 Å². The minimum Gasteiger partial charge on any atom is -0.368 e. The number of benzene rings is 1. The van der Waals surface area contributed by atoms with Crippen LogP contribution in [0.4, 0.5) is 0 Å². The lowest BCUT2D eigenvalue weighted by Gasteiger charge is -2.44. The van der Waals surface area contributed by atoms with E-state index in [-0.39, 0.29) is 17.9 Å². The molecular formula is C16H24N2O. The number of rotatable bonds is 4. The predicted octanol–water partition coefficient (Wildman–Crippen LogP) is 2.57. The summed E-state index contributed by atoms with van der Waals surface area (Å²) in [7, 11) is 0. The summed E-state index contributed by atoms with van der Waals surface area (Å²) in [6.45, 7) is 4.14. The summed E-state index contributed by atoms with van der Waals surface area (Å²) in [5, 5.41) is 3.47. The Morgan fingerprint density at radius 1 is 1.32 bits per heavy atom.